The summed E-state index contributed by atoms with van der Waals surface area (Å²) in [5, 5.41) is 25.5. The molecule has 4 heterocycles. The SMILES string of the molecule is CCC[C@@](NC1CC1)(C(O)C=O)N(C(=O)[C@@H]1C[C@@H](Oc2nc(-c3ccccn3)nc3ccsc23)CN1)C(=O)[C@@H](NC(=O)NC(C)(C)C)C(C)(C)C. The highest BCUT2D eigenvalue weighted by Gasteiger charge is 2.55. The Bertz CT molecular complexity index is 1720. The van der Waals surface area contributed by atoms with Crippen LogP contribution in [-0.4, -0.2) is 97.2 Å². The summed E-state index contributed by atoms with van der Waals surface area (Å²) in [7, 11) is 0. The van der Waals surface area contributed by atoms with Gasteiger partial charge in [0, 0.05) is 30.7 Å². The molecule has 1 aliphatic heterocycles. The van der Waals surface area contributed by atoms with E-state index in [9.17, 15) is 24.3 Å². The molecule has 51 heavy (non-hydrogen) atoms. The second-order valence-electron chi connectivity index (χ2n) is 15.5. The topological polar surface area (TPSA) is 188 Å². The van der Waals surface area contributed by atoms with Gasteiger partial charge in [-0.05, 0) is 69.0 Å². The number of aliphatic hydroxyl groups is 1. The van der Waals surface area contributed by atoms with Gasteiger partial charge in [0.2, 0.25) is 11.8 Å². The standard InChI is InChI=1S/C36H50N8O6S/c1-8-15-36(26(46)20-45,42-21-12-13-21)44(32(48)28(34(2,3)4)40-33(49)43-35(5,6)7)31(47)25-18-22(19-38-25)50-30-27-23(14-17-51-27)39-29(41-30)24-11-9-10-16-37-24/h9-11,14,16-17,20-22,25-26,28,38,42,46H,8,12-13,15,18-19H2,1-7H3,(H2,40,43,49)/t22-,25+,26?,28-,36+/m1/s1. The minimum atomic E-state index is -1.76. The molecule has 14 nitrogen and oxygen atoms in total. The summed E-state index contributed by atoms with van der Waals surface area (Å²) in [5.41, 5.74) is -1.93. The van der Waals surface area contributed by atoms with Crippen LogP contribution in [0.25, 0.3) is 21.7 Å². The van der Waals surface area contributed by atoms with Gasteiger partial charge < -0.3 is 30.6 Å². The summed E-state index contributed by atoms with van der Waals surface area (Å²) >= 11 is 1.44. The van der Waals surface area contributed by atoms with Gasteiger partial charge in [0.25, 0.3) is 5.91 Å². The third kappa shape index (κ3) is 8.88. The van der Waals surface area contributed by atoms with E-state index in [1.165, 1.54) is 11.3 Å². The number of ether oxygens (including phenoxy) is 1. The average Bonchev–Trinajstić information content (AvgIpc) is 3.52. The van der Waals surface area contributed by atoms with E-state index >= 15 is 0 Å². The number of carbonyl (C=O) groups is 4. The van der Waals surface area contributed by atoms with Crippen molar-refractivity contribution in [1.82, 2.24) is 41.1 Å². The van der Waals surface area contributed by atoms with Crippen molar-refractivity contribution in [2.75, 3.05) is 6.54 Å². The molecule has 2 fully saturated rings. The lowest BCUT2D eigenvalue weighted by Crippen LogP contribution is -2.74. The zero-order valence-electron chi connectivity index (χ0n) is 30.4. The summed E-state index contributed by atoms with van der Waals surface area (Å²) in [6, 6.07) is 4.54. The number of imide groups is 1. The van der Waals surface area contributed by atoms with E-state index < -0.39 is 58.8 Å². The first kappa shape index (κ1) is 38.2. The zero-order chi connectivity index (χ0) is 37.1. The highest BCUT2D eigenvalue weighted by atomic mass is 32.1. The number of fused-ring (bicyclic) bond motifs is 1. The molecule has 2 aliphatic rings. The highest BCUT2D eigenvalue weighted by molar-refractivity contribution is 7.17. The lowest BCUT2D eigenvalue weighted by Gasteiger charge is -2.48. The molecule has 3 aromatic rings. The molecule has 1 unspecified atom stereocenters. The van der Waals surface area contributed by atoms with Gasteiger partial charge in [0.05, 0.1) is 11.6 Å². The van der Waals surface area contributed by atoms with Crippen molar-refractivity contribution >= 4 is 45.7 Å². The van der Waals surface area contributed by atoms with Gasteiger partial charge in [-0.15, -0.1) is 11.3 Å². The molecule has 1 saturated heterocycles. The maximum absolute atomic E-state index is 14.9. The first-order valence-corrected chi connectivity index (χ1v) is 18.4. The van der Waals surface area contributed by atoms with Crippen LogP contribution in [0.3, 0.4) is 0 Å². The van der Waals surface area contributed by atoms with Crippen LogP contribution >= 0.6 is 11.3 Å². The Morgan fingerprint density at radius 1 is 1.14 bits per heavy atom. The number of rotatable bonds is 13. The summed E-state index contributed by atoms with van der Waals surface area (Å²) in [4.78, 5) is 70.1. The fraction of sp³-hybridized carbons (Fsp3) is 0.583. The van der Waals surface area contributed by atoms with Crippen LogP contribution in [0.4, 0.5) is 4.79 Å². The van der Waals surface area contributed by atoms with Crippen molar-refractivity contribution in [1.29, 1.82) is 0 Å². The number of nitrogens with one attached hydrogen (secondary N) is 4. The molecule has 4 amide bonds. The number of aldehydes is 1. The average molecular weight is 723 g/mol. The van der Waals surface area contributed by atoms with E-state index in [1.54, 1.807) is 27.0 Å². The third-order valence-electron chi connectivity index (χ3n) is 8.83. The number of thiophene rings is 1. The van der Waals surface area contributed by atoms with Crippen molar-refractivity contribution in [3.05, 3.63) is 35.8 Å². The van der Waals surface area contributed by atoms with Crippen LogP contribution in [0.2, 0.25) is 0 Å². The Morgan fingerprint density at radius 3 is 2.49 bits per heavy atom. The molecule has 0 radical (unpaired) electrons. The van der Waals surface area contributed by atoms with E-state index in [0.717, 1.165) is 22.4 Å². The van der Waals surface area contributed by atoms with E-state index in [1.807, 2.05) is 57.3 Å². The summed E-state index contributed by atoms with van der Waals surface area (Å²) in [6.45, 7) is 12.9. The molecule has 1 saturated carbocycles. The molecule has 0 spiro atoms. The fourth-order valence-electron chi connectivity index (χ4n) is 6.30. The molecule has 3 aromatic heterocycles. The van der Waals surface area contributed by atoms with E-state index in [4.69, 9.17) is 4.74 Å². The Kier molecular flexibility index (Phi) is 11.4. The van der Waals surface area contributed by atoms with Gasteiger partial charge in [-0.25, -0.2) is 9.78 Å². The van der Waals surface area contributed by atoms with Crippen LogP contribution in [0.5, 0.6) is 5.88 Å². The number of pyridine rings is 1. The number of nitrogens with zero attached hydrogens (tertiary/aromatic N) is 4. The van der Waals surface area contributed by atoms with Crippen LogP contribution in [0.15, 0.2) is 35.8 Å². The van der Waals surface area contributed by atoms with Crippen LogP contribution in [0, 0.1) is 5.41 Å². The summed E-state index contributed by atoms with van der Waals surface area (Å²) in [5.74, 6) is -0.612. The van der Waals surface area contributed by atoms with Crippen LogP contribution < -0.4 is 26.0 Å². The van der Waals surface area contributed by atoms with Gasteiger partial charge in [0.1, 0.15) is 34.3 Å². The molecule has 0 aromatic carbocycles. The fourth-order valence-corrected chi connectivity index (χ4v) is 7.06. The molecular formula is C36H50N8O6S. The van der Waals surface area contributed by atoms with Crippen molar-refractivity contribution in [3.8, 4) is 17.4 Å². The van der Waals surface area contributed by atoms with Gasteiger partial charge in [-0.1, -0.05) is 40.2 Å². The number of hydrogen-bond donors (Lipinski definition) is 5. The van der Waals surface area contributed by atoms with Gasteiger partial charge in [-0.3, -0.25) is 24.8 Å². The van der Waals surface area contributed by atoms with Crippen molar-refractivity contribution in [3.63, 3.8) is 0 Å². The lowest BCUT2D eigenvalue weighted by molar-refractivity contribution is -0.167. The summed E-state index contributed by atoms with van der Waals surface area (Å²) < 4.78 is 7.18. The normalized spacial score (nSPS) is 20.2. The maximum atomic E-state index is 14.9. The second kappa shape index (κ2) is 15.3. The first-order chi connectivity index (χ1) is 24.1. The van der Waals surface area contributed by atoms with E-state index in [-0.39, 0.29) is 25.4 Å². The van der Waals surface area contributed by atoms with Gasteiger partial charge in [0.15, 0.2) is 12.1 Å². The minimum Gasteiger partial charge on any atom is -0.472 e. The van der Waals surface area contributed by atoms with Crippen LogP contribution in [0.1, 0.15) is 80.6 Å². The highest BCUT2D eigenvalue weighted by Crippen LogP contribution is 2.35. The van der Waals surface area contributed by atoms with Gasteiger partial charge in [-0.2, -0.15) is 4.98 Å². The zero-order valence-corrected chi connectivity index (χ0v) is 31.2. The Hall–Kier alpha value is -4.05. The van der Waals surface area contributed by atoms with Crippen molar-refractivity contribution in [2.45, 2.75) is 122 Å². The largest absolute Gasteiger partial charge is 0.472 e. The number of amides is 4. The third-order valence-corrected chi connectivity index (χ3v) is 9.72. The molecular weight excluding hydrogens is 673 g/mol. The quantitative estimate of drug-likeness (QED) is 0.128. The molecule has 5 rings (SSSR count). The van der Waals surface area contributed by atoms with E-state index in [2.05, 4.69) is 36.2 Å². The van der Waals surface area contributed by atoms with Gasteiger partial charge >= 0.3 is 6.03 Å². The predicted molar refractivity (Wildman–Crippen MR) is 194 cm³/mol. The Morgan fingerprint density at radius 2 is 1.88 bits per heavy atom. The maximum Gasteiger partial charge on any atom is 0.315 e. The van der Waals surface area contributed by atoms with Crippen LogP contribution in [-0.2, 0) is 14.4 Å². The van der Waals surface area contributed by atoms with Crippen molar-refractivity contribution in [2.24, 2.45) is 5.41 Å². The Labute approximate surface area is 302 Å². The molecule has 5 N–H and O–H groups in total. The Balaban J connectivity index is 1.48. The predicted octanol–water partition coefficient (Wildman–Crippen LogP) is 3.54. The monoisotopic (exact) mass is 722 g/mol. The minimum absolute atomic E-state index is 0.103. The summed E-state index contributed by atoms with van der Waals surface area (Å²) in [6.07, 6.45) is 2.00. The smallest absolute Gasteiger partial charge is 0.315 e. The number of hydrogen-bond acceptors (Lipinski definition) is 12. The molecule has 5 atom stereocenters. The lowest BCUT2D eigenvalue weighted by atomic mass is 9.84. The molecule has 276 valence electrons. The molecule has 0 bridgehead atoms. The molecule has 15 heteroatoms. The number of aliphatic hydroxyl groups excluding tert-OH is 1. The number of urea groups is 1. The molecule has 1 aliphatic carbocycles. The first-order valence-electron chi connectivity index (χ1n) is 17.5. The number of carbonyl (C=O) groups excluding carboxylic acids is 4. The second-order valence-corrected chi connectivity index (χ2v) is 16.4. The van der Waals surface area contributed by atoms with Crippen molar-refractivity contribution < 1.29 is 29.0 Å². The van der Waals surface area contributed by atoms with E-state index in [0.29, 0.717) is 35.6 Å². The number of aromatic nitrogens is 3.